The Labute approximate surface area is 115 Å². The van der Waals surface area contributed by atoms with Crippen LogP contribution in [0.1, 0.15) is 5.56 Å². The van der Waals surface area contributed by atoms with E-state index in [0.717, 1.165) is 11.1 Å². The third kappa shape index (κ3) is 2.48. The molecular weight excluding hydrogens is 262 g/mol. The molecule has 0 amide bonds. The van der Waals surface area contributed by atoms with Gasteiger partial charge in [-0.1, -0.05) is 46.6 Å². The van der Waals surface area contributed by atoms with Crippen LogP contribution in [0.2, 0.25) is 5.15 Å². The molecule has 1 aromatic carbocycles. The van der Waals surface area contributed by atoms with Crippen LogP contribution in [0.3, 0.4) is 0 Å². The zero-order valence-electron chi connectivity index (χ0n) is 10.2. The fraction of sp³-hybridized carbons (Fsp3) is 0.0714. The summed E-state index contributed by atoms with van der Waals surface area (Å²) in [6.07, 6.45) is 1.61. The fourth-order valence-corrected chi connectivity index (χ4v) is 1.77. The summed E-state index contributed by atoms with van der Waals surface area (Å²) in [5, 5.41) is 4.40. The summed E-state index contributed by atoms with van der Waals surface area (Å²) in [5.41, 5.74) is 2.85. The van der Waals surface area contributed by atoms with E-state index in [2.05, 4.69) is 15.1 Å². The second-order valence-electron chi connectivity index (χ2n) is 4.16. The molecule has 0 bridgehead atoms. The normalized spacial score (nSPS) is 10.6. The van der Waals surface area contributed by atoms with Crippen LogP contribution in [0.15, 0.2) is 47.1 Å². The summed E-state index contributed by atoms with van der Waals surface area (Å²) in [6.45, 7) is 2.03. The Morgan fingerprint density at radius 3 is 2.42 bits per heavy atom. The maximum absolute atomic E-state index is 5.74. The highest BCUT2D eigenvalue weighted by Gasteiger charge is 2.10. The van der Waals surface area contributed by atoms with Crippen LogP contribution < -0.4 is 0 Å². The molecule has 3 aromatic rings. The molecule has 0 aliphatic carbocycles. The van der Waals surface area contributed by atoms with E-state index < -0.39 is 0 Å². The highest BCUT2D eigenvalue weighted by molar-refractivity contribution is 6.29. The molecule has 0 aliphatic heterocycles. The third-order valence-corrected chi connectivity index (χ3v) is 2.93. The Kier molecular flexibility index (Phi) is 3.01. The average molecular weight is 272 g/mol. The SMILES string of the molecule is Cc1ccc(-c2noc(-c3ccc(Cl)nc3)n2)cc1. The summed E-state index contributed by atoms with van der Waals surface area (Å²) in [5.74, 6) is 0.990. The average Bonchev–Trinajstić information content (AvgIpc) is 2.90. The van der Waals surface area contributed by atoms with Gasteiger partial charge in [-0.15, -0.1) is 0 Å². The van der Waals surface area contributed by atoms with Gasteiger partial charge in [-0.3, -0.25) is 0 Å². The van der Waals surface area contributed by atoms with Crippen molar-refractivity contribution in [1.29, 1.82) is 0 Å². The largest absolute Gasteiger partial charge is 0.334 e. The van der Waals surface area contributed by atoms with Crippen LogP contribution in [0.4, 0.5) is 0 Å². The van der Waals surface area contributed by atoms with Gasteiger partial charge in [-0.2, -0.15) is 4.98 Å². The standard InChI is InChI=1S/C14H10ClN3O/c1-9-2-4-10(5-3-9)13-17-14(19-18-13)11-6-7-12(15)16-8-11/h2-8H,1H3. The van der Waals surface area contributed by atoms with Gasteiger partial charge in [-0.25, -0.2) is 4.98 Å². The lowest BCUT2D eigenvalue weighted by molar-refractivity contribution is 0.432. The van der Waals surface area contributed by atoms with Gasteiger partial charge in [0, 0.05) is 11.8 Å². The second-order valence-corrected chi connectivity index (χ2v) is 4.55. The molecule has 0 saturated carbocycles. The molecule has 0 radical (unpaired) electrons. The second kappa shape index (κ2) is 4.82. The molecule has 4 nitrogen and oxygen atoms in total. The van der Waals surface area contributed by atoms with Gasteiger partial charge >= 0.3 is 0 Å². The first-order chi connectivity index (χ1) is 9.22. The number of aromatic nitrogens is 3. The molecule has 3 rings (SSSR count). The first-order valence-electron chi connectivity index (χ1n) is 5.75. The molecule has 0 unspecified atom stereocenters. The molecule has 5 heteroatoms. The number of hydrogen-bond acceptors (Lipinski definition) is 4. The van der Waals surface area contributed by atoms with Crippen LogP contribution >= 0.6 is 11.6 Å². The van der Waals surface area contributed by atoms with Crippen molar-refractivity contribution in [3.63, 3.8) is 0 Å². The van der Waals surface area contributed by atoms with Gasteiger partial charge in [0.25, 0.3) is 5.89 Å². The minimum atomic E-state index is 0.430. The van der Waals surface area contributed by atoms with E-state index in [4.69, 9.17) is 16.1 Å². The van der Waals surface area contributed by atoms with E-state index in [-0.39, 0.29) is 0 Å². The van der Waals surface area contributed by atoms with E-state index in [1.54, 1.807) is 18.3 Å². The number of halogens is 1. The van der Waals surface area contributed by atoms with Crippen molar-refractivity contribution in [1.82, 2.24) is 15.1 Å². The van der Waals surface area contributed by atoms with Gasteiger partial charge in [-0.05, 0) is 19.1 Å². The van der Waals surface area contributed by atoms with Crippen LogP contribution in [0.25, 0.3) is 22.8 Å². The van der Waals surface area contributed by atoms with E-state index >= 15 is 0 Å². The van der Waals surface area contributed by atoms with Crippen molar-refractivity contribution in [3.8, 4) is 22.8 Å². The Hall–Kier alpha value is -2.20. The van der Waals surface area contributed by atoms with Gasteiger partial charge in [0.05, 0.1) is 5.56 Å². The Morgan fingerprint density at radius 1 is 1.00 bits per heavy atom. The number of benzene rings is 1. The molecule has 19 heavy (non-hydrogen) atoms. The molecule has 2 aromatic heterocycles. The smallest absolute Gasteiger partial charge is 0.259 e. The zero-order valence-corrected chi connectivity index (χ0v) is 10.9. The lowest BCUT2D eigenvalue weighted by Gasteiger charge is -1.94. The van der Waals surface area contributed by atoms with Gasteiger partial charge in [0.1, 0.15) is 5.15 Å². The molecule has 0 fully saturated rings. The Balaban J connectivity index is 1.95. The molecule has 0 N–H and O–H groups in total. The highest BCUT2D eigenvalue weighted by Crippen LogP contribution is 2.22. The Morgan fingerprint density at radius 2 is 1.74 bits per heavy atom. The third-order valence-electron chi connectivity index (χ3n) is 2.71. The summed E-state index contributed by atoms with van der Waals surface area (Å²) >= 11 is 5.74. The molecule has 0 saturated heterocycles. The van der Waals surface area contributed by atoms with E-state index in [0.29, 0.717) is 16.9 Å². The molecule has 0 spiro atoms. The lowest BCUT2D eigenvalue weighted by atomic mass is 10.1. The quantitative estimate of drug-likeness (QED) is 0.666. The van der Waals surface area contributed by atoms with E-state index in [1.807, 2.05) is 31.2 Å². The van der Waals surface area contributed by atoms with Crippen molar-refractivity contribution in [2.75, 3.05) is 0 Å². The number of pyridine rings is 1. The fourth-order valence-electron chi connectivity index (χ4n) is 1.66. The van der Waals surface area contributed by atoms with Crippen LogP contribution in [0.5, 0.6) is 0 Å². The summed E-state index contributed by atoms with van der Waals surface area (Å²) < 4.78 is 5.23. The molecular formula is C14H10ClN3O. The number of rotatable bonds is 2. The maximum atomic E-state index is 5.74. The molecule has 2 heterocycles. The van der Waals surface area contributed by atoms with Gasteiger partial charge < -0.3 is 4.52 Å². The number of hydrogen-bond donors (Lipinski definition) is 0. The molecule has 0 atom stereocenters. The van der Waals surface area contributed by atoms with Gasteiger partial charge in [0.15, 0.2) is 0 Å². The topological polar surface area (TPSA) is 51.8 Å². The van der Waals surface area contributed by atoms with Crippen LogP contribution in [0, 0.1) is 6.92 Å². The summed E-state index contributed by atoms with van der Waals surface area (Å²) in [4.78, 5) is 8.34. The minimum Gasteiger partial charge on any atom is -0.334 e. The monoisotopic (exact) mass is 271 g/mol. The zero-order chi connectivity index (χ0) is 13.2. The predicted octanol–water partition coefficient (Wildman–Crippen LogP) is 3.76. The van der Waals surface area contributed by atoms with Gasteiger partial charge in [0.2, 0.25) is 5.82 Å². The first-order valence-corrected chi connectivity index (χ1v) is 6.13. The number of nitrogens with zero attached hydrogens (tertiary/aromatic N) is 3. The molecule has 94 valence electrons. The highest BCUT2D eigenvalue weighted by atomic mass is 35.5. The van der Waals surface area contributed by atoms with Crippen LogP contribution in [-0.2, 0) is 0 Å². The van der Waals surface area contributed by atoms with E-state index in [9.17, 15) is 0 Å². The maximum Gasteiger partial charge on any atom is 0.259 e. The van der Waals surface area contributed by atoms with Crippen molar-refractivity contribution in [2.24, 2.45) is 0 Å². The van der Waals surface area contributed by atoms with Crippen molar-refractivity contribution in [3.05, 3.63) is 53.3 Å². The predicted molar refractivity (Wildman–Crippen MR) is 72.7 cm³/mol. The van der Waals surface area contributed by atoms with Crippen molar-refractivity contribution in [2.45, 2.75) is 6.92 Å². The van der Waals surface area contributed by atoms with Crippen LogP contribution in [-0.4, -0.2) is 15.1 Å². The van der Waals surface area contributed by atoms with Crippen molar-refractivity contribution >= 4 is 11.6 Å². The van der Waals surface area contributed by atoms with E-state index in [1.165, 1.54) is 5.56 Å². The minimum absolute atomic E-state index is 0.430. The number of aryl methyl sites for hydroxylation is 1. The summed E-state index contributed by atoms with van der Waals surface area (Å²) in [6, 6.07) is 11.4. The molecule has 0 aliphatic rings. The van der Waals surface area contributed by atoms with Crippen molar-refractivity contribution < 1.29 is 4.52 Å². The first kappa shape index (κ1) is 11.9. The Bertz CT molecular complexity index is 629. The lowest BCUT2D eigenvalue weighted by Crippen LogP contribution is -1.82. The summed E-state index contributed by atoms with van der Waals surface area (Å²) in [7, 11) is 0.